The van der Waals surface area contributed by atoms with Crippen LogP contribution in [0.3, 0.4) is 0 Å². The lowest BCUT2D eigenvalue weighted by atomic mass is 10.2. The van der Waals surface area contributed by atoms with E-state index in [1.807, 2.05) is 0 Å². The minimum Gasteiger partial charge on any atom is -0.493 e. The molecule has 0 unspecified atom stereocenters. The van der Waals surface area contributed by atoms with Crippen LogP contribution >= 0.6 is 12.2 Å². The Morgan fingerprint density at radius 2 is 1.90 bits per heavy atom. The number of rotatable bonds is 5. The van der Waals surface area contributed by atoms with Gasteiger partial charge >= 0.3 is 0 Å². The quantitative estimate of drug-likeness (QED) is 0.862. The molecule has 108 valence electrons. The van der Waals surface area contributed by atoms with Crippen molar-refractivity contribution < 1.29 is 9.47 Å². The minimum absolute atomic E-state index is 0.0989. The van der Waals surface area contributed by atoms with Crippen molar-refractivity contribution >= 4 is 23.1 Å². The second-order valence-electron chi connectivity index (χ2n) is 4.49. The van der Waals surface area contributed by atoms with Crippen LogP contribution in [0.1, 0.15) is 19.8 Å². The second kappa shape index (κ2) is 6.09. The fourth-order valence-electron chi connectivity index (χ4n) is 2.10. The van der Waals surface area contributed by atoms with Gasteiger partial charge in [0.05, 0.1) is 25.1 Å². The number of fused-ring (bicyclic) bond motifs is 1. The van der Waals surface area contributed by atoms with Crippen LogP contribution in [0.4, 0.5) is 0 Å². The Bertz CT molecular complexity index is 734. The molecule has 0 saturated heterocycles. The summed E-state index contributed by atoms with van der Waals surface area (Å²) < 4.78 is 12.5. The number of aromatic nitrogens is 2. The molecule has 2 rings (SSSR count). The van der Waals surface area contributed by atoms with E-state index in [4.69, 9.17) is 21.7 Å². The van der Waals surface area contributed by atoms with E-state index < -0.39 is 0 Å². The van der Waals surface area contributed by atoms with Gasteiger partial charge in [0.2, 0.25) is 0 Å². The van der Waals surface area contributed by atoms with Gasteiger partial charge in [-0.2, -0.15) is 0 Å². The van der Waals surface area contributed by atoms with Gasteiger partial charge in [-0.05, 0) is 24.7 Å². The van der Waals surface area contributed by atoms with E-state index in [0.29, 0.717) is 33.7 Å². The highest BCUT2D eigenvalue weighted by Crippen LogP contribution is 2.29. The van der Waals surface area contributed by atoms with Crippen molar-refractivity contribution in [1.29, 1.82) is 0 Å². The summed E-state index contributed by atoms with van der Waals surface area (Å²) in [5.74, 6) is 1.10. The average Bonchev–Trinajstić information content (AvgIpc) is 2.46. The number of unbranched alkanes of at least 4 members (excludes halogenated alkanes) is 1. The average molecular weight is 294 g/mol. The molecule has 0 saturated carbocycles. The summed E-state index contributed by atoms with van der Waals surface area (Å²) in [6.07, 6.45) is 1.92. The summed E-state index contributed by atoms with van der Waals surface area (Å²) in [4.78, 5) is 15.6. The zero-order valence-electron chi connectivity index (χ0n) is 11.9. The Labute approximate surface area is 122 Å². The summed E-state index contributed by atoms with van der Waals surface area (Å²) in [5.41, 5.74) is 0.559. The fourth-order valence-corrected chi connectivity index (χ4v) is 2.38. The molecule has 0 bridgehead atoms. The lowest BCUT2D eigenvalue weighted by Gasteiger charge is -2.11. The van der Waals surface area contributed by atoms with E-state index in [9.17, 15) is 4.79 Å². The van der Waals surface area contributed by atoms with Gasteiger partial charge in [0.25, 0.3) is 5.56 Å². The van der Waals surface area contributed by atoms with Crippen LogP contribution in [0, 0.1) is 4.77 Å². The molecule has 1 heterocycles. The third-order valence-corrected chi connectivity index (χ3v) is 3.54. The third-order valence-electron chi connectivity index (χ3n) is 3.22. The number of nitrogens with zero attached hydrogens (tertiary/aromatic N) is 1. The van der Waals surface area contributed by atoms with Gasteiger partial charge in [-0.3, -0.25) is 9.36 Å². The summed E-state index contributed by atoms with van der Waals surface area (Å²) in [6.45, 7) is 2.70. The minimum atomic E-state index is -0.0989. The van der Waals surface area contributed by atoms with Crippen molar-refractivity contribution in [3.63, 3.8) is 0 Å². The number of hydrogen-bond acceptors (Lipinski definition) is 4. The molecule has 1 N–H and O–H groups in total. The molecule has 0 atom stereocenters. The van der Waals surface area contributed by atoms with Gasteiger partial charge in [0.15, 0.2) is 16.3 Å². The second-order valence-corrected chi connectivity index (χ2v) is 4.88. The molecule has 0 spiro atoms. The van der Waals surface area contributed by atoms with Gasteiger partial charge in [-0.1, -0.05) is 13.3 Å². The maximum absolute atomic E-state index is 12.5. The van der Waals surface area contributed by atoms with E-state index in [-0.39, 0.29) is 5.56 Å². The molecular weight excluding hydrogens is 276 g/mol. The molecule has 0 aliphatic heterocycles. The maximum Gasteiger partial charge on any atom is 0.262 e. The van der Waals surface area contributed by atoms with E-state index in [2.05, 4.69) is 11.9 Å². The Hall–Kier alpha value is -1.82. The number of methoxy groups -OCH3 is 2. The number of benzene rings is 1. The van der Waals surface area contributed by atoms with Crippen molar-refractivity contribution in [2.45, 2.75) is 26.3 Å². The standard InChI is InChI=1S/C14H18N2O3S/c1-4-5-6-16-13(17)9-7-11(18-2)12(19-3)8-10(9)15-14(16)20/h7-8H,4-6H2,1-3H3,(H,15,20). The van der Waals surface area contributed by atoms with Gasteiger partial charge in [0, 0.05) is 12.6 Å². The van der Waals surface area contributed by atoms with E-state index >= 15 is 0 Å². The van der Waals surface area contributed by atoms with E-state index in [1.165, 1.54) is 0 Å². The van der Waals surface area contributed by atoms with Crippen molar-refractivity contribution in [2.24, 2.45) is 0 Å². The monoisotopic (exact) mass is 294 g/mol. The highest BCUT2D eigenvalue weighted by molar-refractivity contribution is 7.71. The zero-order chi connectivity index (χ0) is 14.7. The van der Waals surface area contributed by atoms with Crippen LogP contribution in [-0.4, -0.2) is 23.8 Å². The summed E-state index contributed by atoms with van der Waals surface area (Å²) in [6, 6.07) is 3.42. The van der Waals surface area contributed by atoms with Gasteiger partial charge < -0.3 is 14.5 Å². The largest absolute Gasteiger partial charge is 0.493 e. The number of ether oxygens (including phenoxy) is 2. The lowest BCUT2D eigenvalue weighted by Crippen LogP contribution is -2.22. The first-order chi connectivity index (χ1) is 9.62. The molecular formula is C14H18N2O3S. The summed E-state index contributed by atoms with van der Waals surface area (Å²) >= 11 is 5.26. The molecule has 0 amide bonds. The van der Waals surface area contributed by atoms with Crippen LogP contribution in [0.2, 0.25) is 0 Å². The van der Waals surface area contributed by atoms with Crippen LogP contribution < -0.4 is 15.0 Å². The Morgan fingerprint density at radius 1 is 1.25 bits per heavy atom. The summed E-state index contributed by atoms with van der Waals surface area (Å²) in [7, 11) is 3.10. The normalized spacial score (nSPS) is 10.8. The molecule has 5 nitrogen and oxygen atoms in total. The van der Waals surface area contributed by atoms with Crippen LogP contribution in [-0.2, 0) is 6.54 Å². The lowest BCUT2D eigenvalue weighted by molar-refractivity contribution is 0.355. The molecule has 0 aliphatic carbocycles. The highest BCUT2D eigenvalue weighted by Gasteiger charge is 2.11. The van der Waals surface area contributed by atoms with Crippen molar-refractivity contribution in [2.75, 3.05) is 14.2 Å². The number of H-pyrrole nitrogens is 1. The molecule has 0 aliphatic rings. The van der Waals surface area contributed by atoms with Gasteiger partial charge in [0.1, 0.15) is 0 Å². The Kier molecular flexibility index (Phi) is 4.44. The molecule has 0 radical (unpaired) electrons. The maximum atomic E-state index is 12.5. The van der Waals surface area contributed by atoms with Crippen LogP contribution in [0.5, 0.6) is 11.5 Å². The summed E-state index contributed by atoms with van der Waals surface area (Å²) in [5, 5.41) is 0.548. The number of hydrogen-bond donors (Lipinski definition) is 1. The fraction of sp³-hybridized carbons (Fsp3) is 0.429. The molecule has 0 fully saturated rings. The molecule has 6 heteroatoms. The number of aromatic amines is 1. The highest BCUT2D eigenvalue weighted by atomic mass is 32.1. The Morgan fingerprint density at radius 3 is 2.50 bits per heavy atom. The van der Waals surface area contributed by atoms with Crippen LogP contribution in [0.25, 0.3) is 10.9 Å². The SMILES string of the molecule is CCCCn1c(=S)[nH]c2cc(OC)c(OC)cc2c1=O. The predicted octanol–water partition coefficient (Wildman–Crippen LogP) is 2.88. The predicted molar refractivity (Wildman–Crippen MR) is 81.4 cm³/mol. The van der Waals surface area contributed by atoms with Crippen molar-refractivity contribution in [3.05, 3.63) is 27.3 Å². The van der Waals surface area contributed by atoms with Crippen LogP contribution in [0.15, 0.2) is 16.9 Å². The smallest absolute Gasteiger partial charge is 0.262 e. The zero-order valence-corrected chi connectivity index (χ0v) is 12.7. The van der Waals surface area contributed by atoms with Gasteiger partial charge in [-0.15, -0.1) is 0 Å². The molecule has 1 aromatic heterocycles. The topological polar surface area (TPSA) is 56.2 Å². The van der Waals surface area contributed by atoms with Gasteiger partial charge in [-0.25, -0.2) is 0 Å². The van der Waals surface area contributed by atoms with E-state index in [0.717, 1.165) is 12.8 Å². The molecule has 1 aromatic carbocycles. The third kappa shape index (κ3) is 2.56. The first-order valence-corrected chi connectivity index (χ1v) is 6.92. The first-order valence-electron chi connectivity index (χ1n) is 6.51. The van der Waals surface area contributed by atoms with Crippen molar-refractivity contribution in [1.82, 2.24) is 9.55 Å². The number of nitrogens with one attached hydrogen (secondary N) is 1. The van der Waals surface area contributed by atoms with E-state index in [1.54, 1.807) is 30.9 Å². The van der Waals surface area contributed by atoms with Crippen molar-refractivity contribution in [3.8, 4) is 11.5 Å². The Balaban J connectivity index is 2.71. The molecule has 2 aromatic rings. The first kappa shape index (κ1) is 14.6. The molecule has 20 heavy (non-hydrogen) atoms.